The van der Waals surface area contributed by atoms with Gasteiger partial charge in [0.05, 0.1) is 5.58 Å². The van der Waals surface area contributed by atoms with Gasteiger partial charge in [0.1, 0.15) is 5.58 Å². The first-order chi connectivity index (χ1) is 25.3. The molecule has 0 amide bonds. The molecule has 0 bridgehead atoms. The van der Waals surface area contributed by atoms with Crippen molar-refractivity contribution in [2.24, 2.45) is 5.41 Å². The third-order valence-corrected chi connectivity index (χ3v) is 14.2. The fourth-order valence-electron chi connectivity index (χ4n) is 6.70. The molecule has 0 spiro atoms. The maximum atomic E-state index is 8.96. The minimum Gasteiger partial charge on any atom is -0.500 e. The molecule has 7 aromatic rings. The molecule has 0 aliphatic rings. The number of benzene rings is 4. The van der Waals surface area contributed by atoms with Crippen molar-refractivity contribution in [3.8, 4) is 33.6 Å². The molecule has 5 heteroatoms. The standard InChI is InChI=1S/C31H30NO.C17H22GeN.Ir/c1-19-8-7-9-20(2)30(19)24-10-12-25-26-16-23(11-13-28(26)33-29(25)18-24)27-17-22(14-15-32-27)21(3)31(4,5)6;1-13(2)15-11-17(14-9-7-6-8-10-14)19-12-16(15)18(3,4)5;/h7-10,12-18,21H,1-6H3;6-9,11-13H,1-5H3;/q2*-1;/i21D;13D;. The quantitative estimate of drug-likeness (QED) is 0.123. The third-order valence-electron chi connectivity index (χ3n) is 10.0. The van der Waals surface area contributed by atoms with Gasteiger partial charge in [0.25, 0.3) is 0 Å². The fourth-order valence-corrected chi connectivity index (χ4v) is 10.0. The van der Waals surface area contributed by atoms with E-state index in [1.165, 1.54) is 21.1 Å². The van der Waals surface area contributed by atoms with Crippen LogP contribution in [0.5, 0.6) is 0 Å². The predicted octanol–water partition coefficient (Wildman–Crippen LogP) is 13.1. The van der Waals surface area contributed by atoms with Crippen LogP contribution in [0.4, 0.5) is 0 Å². The average molecular weight is 940 g/mol. The Hall–Kier alpha value is -3.83. The first kappa shape index (κ1) is 37.5. The SMILES string of the molecule is [2H]C(C)(C)c1cc(-c2[c-]cccc2)nc[c]1[Ge]([CH3])([CH3])[CH3].[2H]C(C)(c1ccnc(-c2[c-]cc3oc4cc(-c5c(C)cccc5C)ccc4c3c2)c1)C(C)(C)C.[Ir]. The molecule has 3 nitrogen and oxygen atoms in total. The Morgan fingerprint density at radius 2 is 1.47 bits per heavy atom. The van der Waals surface area contributed by atoms with E-state index in [1.807, 2.05) is 69.4 Å². The van der Waals surface area contributed by atoms with Crippen molar-refractivity contribution in [2.45, 2.75) is 84.4 Å². The van der Waals surface area contributed by atoms with Crippen LogP contribution in [0.3, 0.4) is 0 Å². The van der Waals surface area contributed by atoms with Gasteiger partial charge in [-0.05, 0) is 65.2 Å². The molecule has 4 aromatic carbocycles. The molecule has 0 fully saturated rings. The molecule has 3 heterocycles. The summed E-state index contributed by atoms with van der Waals surface area (Å²) in [4.78, 5) is 9.23. The average Bonchev–Trinajstić information content (AvgIpc) is 3.48. The van der Waals surface area contributed by atoms with Crippen LogP contribution in [0, 0.1) is 31.4 Å². The zero-order chi connectivity index (χ0) is 39.2. The summed E-state index contributed by atoms with van der Waals surface area (Å²) < 4.78 is 25.0. The Balaban J connectivity index is 0.000000237. The molecule has 0 saturated carbocycles. The van der Waals surface area contributed by atoms with Gasteiger partial charge in [0.15, 0.2) is 0 Å². The number of furan rings is 1. The second-order valence-corrected chi connectivity index (χ2v) is 26.7. The van der Waals surface area contributed by atoms with Crippen molar-refractivity contribution in [1.29, 1.82) is 0 Å². The smallest absolute Gasteiger partial charge is 0.121 e. The minimum absolute atomic E-state index is 0. The Labute approximate surface area is 336 Å². The van der Waals surface area contributed by atoms with Crippen LogP contribution in [0.1, 0.15) is 78.3 Å². The predicted molar refractivity (Wildman–Crippen MR) is 224 cm³/mol. The molecular formula is C48H52GeIrN2O-2. The molecule has 7 rings (SSSR count). The number of hydrogen-bond acceptors (Lipinski definition) is 3. The molecule has 1 unspecified atom stereocenters. The van der Waals surface area contributed by atoms with E-state index in [0.717, 1.165) is 61.1 Å². The van der Waals surface area contributed by atoms with Gasteiger partial charge in [-0.1, -0.05) is 75.0 Å². The van der Waals surface area contributed by atoms with Gasteiger partial charge < -0.3 is 9.40 Å². The molecule has 275 valence electrons. The van der Waals surface area contributed by atoms with Gasteiger partial charge in [0, 0.05) is 33.1 Å². The zero-order valence-corrected chi connectivity index (χ0v) is 37.4. The van der Waals surface area contributed by atoms with Gasteiger partial charge in [-0.15, -0.1) is 23.8 Å². The fraction of sp³-hybridized carbons (Fsp3) is 0.292. The van der Waals surface area contributed by atoms with E-state index in [9.17, 15) is 0 Å². The van der Waals surface area contributed by atoms with Crippen molar-refractivity contribution in [1.82, 2.24) is 9.97 Å². The Bertz CT molecular complexity index is 2430. The van der Waals surface area contributed by atoms with E-state index in [2.05, 4.69) is 123 Å². The van der Waals surface area contributed by atoms with Crippen LogP contribution in [0.15, 0.2) is 108 Å². The van der Waals surface area contributed by atoms with Crippen molar-refractivity contribution in [3.63, 3.8) is 0 Å². The summed E-state index contributed by atoms with van der Waals surface area (Å²) in [6.07, 6.45) is 3.80. The second kappa shape index (κ2) is 16.3. The summed E-state index contributed by atoms with van der Waals surface area (Å²) in [6, 6.07) is 37.4. The number of nitrogens with zero attached hydrogens (tertiary/aromatic N) is 2. The summed E-state index contributed by atoms with van der Waals surface area (Å²) in [7, 11) is 0. The topological polar surface area (TPSA) is 38.9 Å². The monoisotopic (exact) mass is 941 g/mol. The third kappa shape index (κ3) is 8.94. The maximum Gasteiger partial charge on any atom is 0.121 e. The zero-order valence-electron chi connectivity index (χ0n) is 35.0. The van der Waals surface area contributed by atoms with Crippen LogP contribution in [-0.4, -0.2) is 23.2 Å². The summed E-state index contributed by atoms with van der Waals surface area (Å²) in [6.45, 7) is 16.5. The molecular weight excluding hydrogens is 885 g/mol. The maximum absolute atomic E-state index is 8.96. The van der Waals surface area contributed by atoms with Gasteiger partial charge in [-0.2, -0.15) is 0 Å². The van der Waals surface area contributed by atoms with Crippen molar-refractivity contribution in [3.05, 3.63) is 138 Å². The first-order valence-corrected chi connectivity index (χ1v) is 25.5. The normalized spacial score (nSPS) is 13.7. The van der Waals surface area contributed by atoms with Gasteiger partial charge >= 0.3 is 120 Å². The van der Waals surface area contributed by atoms with Crippen LogP contribution >= 0.6 is 0 Å². The molecule has 1 atom stereocenters. The number of pyridine rings is 2. The largest absolute Gasteiger partial charge is 0.500 e. The van der Waals surface area contributed by atoms with Crippen LogP contribution in [-0.2, 0) is 20.1 Å². The molecule has 1 radical (unpaired) electrons. The molecule has 3 aromatic heterocycles. The van der Waals surface area contributed by atoms with E-state index in [4.69, 9.17) is 7.16 Å². The van der Waals surface area contributed by atoms with Crippen molar-refractivity contribution in [2.75, 3.05) is 0 Å². The first-order valence-electron chi connectivity index (χ1n) is 19.2. The number of aryl methyl sites for hydroxylation is 2. The second-order valence-electron chi connectivity index (χ2n) is 16.2. The summed E-state index contributed by atoms with van der Waals surface area (Å²) in [5.41, 5.74) is 12.1. The molecule has 0 aliphatic heterocycles. The molecule has 0 saturated heterocycles. The van der Waals surface area contributed by atoms with E-state index in [-0.39, 0.29) is 25.5 Å². The summed E-state index contributed by atoms with van der Waals surface area (Å²) >= 11 is -2.03. The van der Waals surface area contributed by atoms with E-state index >= 15 is 0 Å². The van der Waals surface area contributed by atoms with Crippen LogP contribution in [0.25, 0.3) is 55.6 Å². The number of fused-ring (bicyclic) bond motifs is 3. The van der Waals surface area contributed by atoms with Crippen LogP contribution < -0.4 is 4.40 Å². The van der Waals surface area contributed by atoms with Crippen LogP contribution in [0.2, 0.25) is 17.3 Å². The number of hydrogen-bond donors (Lipinski definition) is 0. The van der Waals surface area contributed by atoms with Crippen molar-refractivity contribution < 1.29 is 27.3 Å². The Morgan fingerprint density at radius 3 is 2.11 bits per heavy atom. The van der Waals surface area contributed by atoms with E-state index in [0.29, 0.717) is 0 Å². The van der Waals surface area contributed by atoms with E-state index < -0.39 is 25.1 Å². The van der Waals surface area contributed by atoms with Crippen molar-refractivity contribution >= 4 is 39.6 Å². The summed E-state index contributed by atoms with van der Waals surface area (Å²) in [5.74, 6) is 5.71. The molecule has 0 N–H and O–H groups in total. The number of aromatic nitrogens is 2. The Morgan fingerprint density at radius 1 is 0.755 bits per heavy atom. The van der Waals surface area contributed by atoms with Gasteiger partial charge in [-0.25, -0.2) is 0 Å². The number of rotatable bonds is 6. The Kier molecular flexibility index (Phi) is 11.5. The van der Waals surface area contributed by atoms with Gasteiger partial charge in [0.2, 0.25) is 0 Å². The van der Waals surface area contributed by atoms with E-state index in [1.54, 1.807) is 6.20 Å². The minimum atomic E-state index is -2.03. The van der Waals surface area contributed by atoms with Gasteiger partial charge in [-0.3, -0.25) is 0 Å². The summed E-state index contributed by atoms with van der Waals surface area (Å²) in [5, 5.41) is 2.13. The molecule has 53 heavy (non-hydrogen) atoms. The molecule has 0 aliphatic carbocycles.